The molecule has 6 heteroatoms. The summed E-state index contributed by atoms with van der Waals surface area (Å²) in [7, 11) is 0. The average Bonchev–Trinajstić information content (AvgIpc) is 2.59. The lowest BCUT2D eigenvalue weighted by molar-refractivity contribution is 0.880. The lowest BCUT2D eigenvalue weighted by atomic mass is 10.4. The zero-order chi connectivity index (χ0) is 9.26. The molecule has 0 aliphatic heterocycles. The molecule has 0 atom stereocenters. The van der Waals surface area contributed by atoms with Gasteiger partial charge in [-0.15, -0.1) is 10.2 Å². The number of nitriles is 1. The molecule has 2 heterocycles. The fourth-order valence-corrected chi connectivity index (χ4v) is 1.03. The van der Waals surface area contributed by atoms with Gasteiger partial charge in [0.1, 0.15) is 11.8 Å². The minimum absolute atomic E-state index is 0.300. The largest absolute Gasteiger partial charge is 0.324 e. The van der Waals surface area contributed by atoms with Gasteiger partial charge >= 0.3 is 0 Å². The van der Waals surface area contributed by atoms with Gasteiger partial charge in [-0.1, -0.05) is 0 Å². The summed E-state index contributed by atoms with van der Waals surface area (Å²) in [5.41, 5.74) is 5.74. The predicted octanol–water partition coefficient (Wildman–Crippen LogP) is -0.545. The summed E-state index contributed by atoms with van der Waals surface area (Å²) >= 11 is 0. The van der Waals surface area contributed by atoms with Crippen LogP contribution in [0.15, 0.2) is 12.3 Å². The van der Waals surface area contributed by atoms with Crippen LogP contribution in [-0.4, -0.2) is 19.6 Å². The van der Waals surface area contributed by atoms with Gasteiger partial charge in [-0.3, -0.25) is 4.40 Å². The molecule has 2 aromatic rings. The van der Waals surface area contributed by atoms with Crippen LogP contribution in [0, 0.1) is 11.3 Å². The molecule has 0 aliphatic carbocycles. The Bertz CT molecular complexity index is 479. The normalized spacial score (nSPS) is 10.2. The molecule has 64 valence electrons. The van der Waals surface area contributed by atoms with Crippen molar-refractivity contribution in [2.75, 3.05) is 0 Å². The Morgan fingerprint density at radius 2 is 2.38 bits per heavy atom. The van der Waals surface area contributed by atoms with Crippen molar-refractivity contribution in [3.05, 3.63) is 23.8 Å². The number of nitrogens with zero attached hydrogens (tertiary/aromatic N) is 5. The topological polar surface area (TPSA) is 92.9 Å². The van der Waals surface area contributed by atoms with Crippen LogP contribution in [0.4, 0.5) is 0 Å². The van der Waals surface area contributed by atoms with E-state index in [1.807, 2.05) is 6.07 Å². The Labute approximate surface area is 73.6 Å². The second-order valence-corrected chi connectivity index (χ2v) is 2.41. The maximum atomic E-state index is 8.57. The standard InChI is InChI=1S/C7H6N6/c8-3-5-1-2-13-6(4-9)11-12-7(13)10-5/h1-2H,4,9H2. The molecule has 2 aromatic heterocycles. The zero-order valence-corrected chi connectivity index (χ0v) is 6.68. The van der Waals surface area contributed by atoms with E-state index in [-0.39, 0.29) is 0 Å². The van der Waals surface area contributed by atoms with Crippen molar-refractivity contribution >= 4 is 5.78 Å². The van der Waals surface area contributed by atoms with Crippen LogP contribution in [0.25, 0.3) is 5.78 Å². The predicted molar refractivity (Wildman–Crippen MR) is 43.4 cm³/mol. The van der Waals surface area contributed by atoms with E-state index in [2.05, 4.69) is 15.2 Å². The summed E-state index contributed by atoms with van der Waals surface area (Å²) in [5.74, 6) is 1.03. The summed E-state index contributed by atoms with van der Waals surface area (Å²) in [5, 5.41) is 16.1. The molecular weight excluding hydrogens is 168 g/mol. The third kappa shape index (κ3) is 1.11. The molecule has 0 spiro atoms. The molecule has 0 saturated heterocycles. The second kappa shape index (κ2) is 2.80. The van der Waals surface area contributed by atoms with Crippen LogP contribution in [0.5, 0.6) is 0 Å². The quantitative estimate of drug-likeness (QED) is 0.626. The fraction of sp³-hybridized carbons (Fsp3) is 0.143. The van der Waals surface area contributed by atoms with Gasteiger partial charge in [0.25, 0.3) is 5.78 Å². The first-order chi connectivity index (χ1) is 6.35. The third-order valence-corrected chi connectivity index (χ3v) is 1.65. The van der Waals surface area contributed by atoms with Crippen molar-refractivity contribution in [1.29, 1.82) is 5.26 Å². The van der Waals surface area contributed by atoms with Crippen molar-refractivity contribution in [1.82, 2.24) is 19.6 Å². The minimum atomic E-state index is 0.300. The molecule has 0 bridgehead atoms. The Hall–Kier alpha value is -2.00. The van der Waals surface area contributed by atoms with Crippen LogP contribution >= 0.6 is 0 Å². The number of rotatable bonds is 1. The molecule has 0 aromatic carbocycles. The number of nitrogens with two attached hydrogens (primary N) is 1. The van der Waals surface area contributed by atoms with Gasteiger partial charge in [-0.25, -0.2) is 4.98 Å². The van der Waals surface area contributed by atoms with Gasteiger partial charge in [0.05, 0.1) is 6.54 Å². The zero-order valence-electron chi connectivity index (χ0n) is 6.68. The van der Waals surface area contributed by atoms with Crippen molar-refractivity contribution in [3.8, 4) is 6.07 Å². The van der Waals surface area contributed by atoms with Crippen LogP contribution in [0.2, 0.25) is 0 Å². The van der Waals surface area contributed by atoms with Gasteiger partial charge in [0.15, 0.2) is 5.82 Å². The molecule has 2 N–H and O–H groups in total. The van der Waals surface area contributed by atoms with E-state index in [9.17, 15) is 0 Å². The van der Waals surface area contributed by atoms with Crippen molar-refractivity contribution in [2.24, 2.45) is 5.73 Å². The summed E-state index contributed by atoms with van der Waals surface area (Å²) in [4.78, 5) is 3.94. The lowest BCUT2D eigenvalue weighted by Gasteiger charge is -1.94. The SMILES string of the molecule is N#Cc1ccn2c(CN)nnc2n1. The number of hydrogen-bond acceptors (Lipinski definition) is 5. The maximum Gasteiger partial charge on any atom is 0.256 e. The third-order valence-electron chi connectivity index (χ3n) is 1.65. The van der Waals surface area contributed by atoms with Gasteiger partial charge in [0, 0.05) is 6.20 Å². The van der Waals surface area contributed by atoms with E-state index >= 15 is 0 Å². The Kier molecular flexibility index (Phi) is 1.65. The van der Waals surface area contributed by atoms with Gasteiger partial charge in [-0.05, 0) is 6.07 Å². The first-order valence-corrected chi connectivity index (χ1v) is 3.66. The molecular formula is C7H6N6. The van der Waals surface area contributed by atoms with E-state index in [0.717, 1.165) is 0 Å². The molecule has 0 amide bonds. The molecule has 0 unspecified atom stereocenters. The van der Waals surface area contributed by atoms with E-state index in [0.29, 0.717) is 23.8 Å². The number of hydrogen-bond donors (Lipinski definition) is 1. The molecule has 6 nitrogen and oxygen atoms in total. The van der Waals surface area contributed by atoms with Gasteiger partial charge in [0.2, 0.25) is 0 Å². The lowest BCUT2D eigenvalue weighted by Crippen LogP contribution is -2.02. The van der Waals surface area contributed by atoms with Crippen molar-refractivity contribution < 1.29 is 0 Å². The van der Waals surface area contributed by atoms with Crippen LogP contribution in [-0.2, 0) is 6.54 Å². The Morgan fingerprint density at radius 3 is 3.08 bits per heavy atom. The molecule has 0 aliphatic rings. The van der Waals surface area contributed by atoms with Crippen molar-refractivity contribution in [3.63, 3.8) is 0 Å². The van der Waals surface area contributed by atoms with Crippen molar-refractivity contribution in [2.45, 2.75) is 6.54 Å². The summed E-state index contributed by atoms with van der Waals surface area (Å²) < 4.78 is 1.65. The molecule has 2 rings (SSSR count). The van der Waals surface area contributed by atoms with Crippen LogP contribution < -0.4 is 5.73 Å². The van der Waals surface area contributed by atoms with Gasteiger partial charge < -0.3 is 5.73 Å². The van der Waals surface area contributed by atoms with E-state index in [4.69, 9.17) is 11.0 Å². The second-order valence-electron chi connectivity index (χ2n) is 2.41. The average molecular weight is 174 g/mol. The van der Waals surface area contributed by atoms with Gasteiger partial charge in [-0.2, -0.15) is 5.26 Å². The first kappa shape index (κ1) is 7.64. The molecule has 0 fully saturated rings. The highest BCUT2D eigenvalue weighted by Gasteiger charge is 2.04. The summed E-state index contributed by atoms with van der Waals surface area (Å²) in [6, 6.07) is 3.52. The summed E-state index contributed by atoms with van der Waals surface area (Å²) in [6.45, 7) is 0.300. The Morgan fingerprint density at radius 1 is 1.54 bits per heavy atom. The fourth-order valence-electron chi connectivity index (χ4n) is 1.03. The Balaban J connectivity index is 2.70. The summed E-state index contributed by atoms with van der Waals surface area (Å²) in [6.07, 6.45) is 1.68. The first-order valence-electron chi connectivity index (χ1n) is 3.66. The van der Waals surface area contributed by atoms with Crippen LogP contribution in [0.3, 0.4) is 0 Å². The van der Waals surface area contributed by atoms with E-state index in [1.165, 1.54) is 0 Å². The van der Waals surface area contributed by atoms with E-state index in [1.54, 1.807) is 16.7 Å². The molecule has 0 radical (unpaired) electrons. The monoisotopic (exact) mass is 174 g/mol. The maximum absolute atomic E-state index is 8.57. The highest BCUT2D eigenvalue weighted by molar-refractivity contribution is 5.33. The molecule has 13 heavy (non-hydrogen) atoms. The minimum Gasteiger partial charge on any atom is -0.324 e. The molecule has 0 saturated carbocycles. The smallest absolute Gasteiger partial charge is 0.256 e. The highest BCUT2D eigenvalue weighted by Crippen LogP contribution is 2.01. The van der Waals surface area contributed by atoms with E-state index < -0.39 is 0 Å². The highest BCUT2D eigenvalue weighted by atomic mass is 15.3. The number of aromatic nitrogens is 4. The number of fused-ring (bicyclic) bond motifs is 1. The van der Waals surface area contributed by atoms with Crippen LogP contribution in [0.1, 0.15) is 11.5 Å².